The number of rotatable bonds is 1. The van der Waals surface area contributed by atoms with Crippen molar-refractivity contribution < 1.29 is 27.1 Å². The van der Waals surface area contributed by atoms with Crippen LogP contribution < -0.4 is 5.32 Å². The molecule has 1 rings (SSSR count). The second-order valence-corrected chi connectivity index (χ2v) is 5.21. The van der Waals surface area contributed by atoms with Crippen molar-refractivity contribution in [3.05, 3.63) is 0 Å². The Morgan fingerprint density at radius 3 is 2.06 bits per heavy atom. The molecule has 0 aliphatic heterocycles. The van der Waals surface area contributed by atoms with E-state index in [2.05, 4.69) is 0 Å². The van der Waals surface area contributed by atoms with E-state index in [1.165, 1.54) is 20.8 Å². The van der Waals surface area contributed by atoms with E-state index in [-0.39, 0.29) is 0 Å². The van der Waals surface area contributed by atoms with Crippen molar-refractivity contribution in [1.29, 1.82) is 0 Å². The van der Waals surface area contributed by atoms with Crippen molar-refractivity contribution in [2.24, 2.45) is 0 Å². The van der Waals surface area contributed by atoms with Gasteiger partial charge in [0.1, 0.15) is 17.3 Å². The standard InChI is InChI=1S/C10H15F4NO2/c1-8(2,3)17-7(16)15-9(10(12,13)14)4-6(11)5-9/h6H,4-5H2,1-3H3,(H,15,16). The summed E-state index contributed by atoms with van der Waals surface area (Å²) in [5, 5.41) is 1.73. The summed E-state index contributed by atoms with van der Waals surface area (Å²) in [4.78, 5) is 11.3. The number of ether oxygens (including phenoxy) is 1. The van der Waals surface area contributed by atoms with Crippen molar-refractivity contribution in [2.45, 2.75) is 57.1 Å². The van der Waals surface area contributed by atoms with Gasteiger partial charge in [-0.3, -0.25) is 0 Å². The van der Waals surface area contributed by atoms with Crippen molar-refractivity contribution in [3.63, 3.8) is 0 Å². The molecule has 0 radical (unpaired) electrons. The fraction of sp³-hybridized carbons (Fsp3) is 0.900. The summed E-state index contributed by atoms with van der Waals surface area (Å²) in [6.07, 6.45) is -8.90. The molecule has 0 aromatic carbocycles. The molecule has 0 aromatic heterocycles. The Kier molecular flexibility index (Phi) is 3.33. The SMILES string of the molecule is CC(C)(C)OC(=O)NC1(C(F)(F)F)CC(F)C1. The van der Waals surface area contributed by atoms with Crippen molar-refractivity contribution in [3.8, 4) is 0 Å². The Bertz CT molecular complexity index is 302. The predicted octanol–water partition coefficient (Wildman–Crippen LogP) is 2.94. The summed E-state index contributed by atoms with van der Waals surface area (Å²) in [5.41, 5.74) is -3.37. The van der Waals surface area contributed by atoms with Crippen molar-refractivity contribution >= 4 is 6.09 Å². The van der Waals surface area contributed by atoms with Crippen LogP contribution in [0.4, 0.5) is 22.4 Å². The fourth-order valence-electron chi connectivity index (χ4n) is 1.60. The number of hydrogen-bond donors (Lipinski definition) is 1. The highest BCUT2D eigenvalue weighted by molar-refractivity contribution is 5.69. The molecule has 7 heteroatoms. The third-order valence-electron chi connectivity index (χ3n) is 2.42. The van der Waals surface area contributed by atoms with Crippen LogP contribution in [-0.2, 0) is 4.74 Å². The Balaban J connectivity index is 2.67. The first-order valence-electron chi connectivity index (χ1n) is 5.17. The van der Waals surface area contributed by atoms with Crippen LogP contribution >= 0.6 is 0 Å². The number of alkyl halides is 4. The van der Waals surface area contributed by atoms with Gasteiger partial charge in [-0.1, -0.05) is 0 Å². The number of carbonyl (C=O) groups excluding carboxylic acids is 1. The first-order chi connectivity index (χ1) is 7.45. The molecule has 1 fully saturated rings. The summed E-state index contributed by atoms with van der Waals surface area (Å²) in [7, 11) is 0. The largest absolute Gasteiger partial charge is 0.444 e. The molecule has 1 amide bonds. The summed E-state index contributed by atoms with van der Waals surface area (Å²) < 4.78 is 55.4. The summed E-state index contributed by atoms with van der Waals surface area (Å²) in [6.45, 7) is 4.60. The Labute approximate surface area is 96.5 Å². The van der Waals surface area contributed by atoms with E-state index in [0.717, 1.165) is 0 Å². The van der Waals surface area contributed by atoms with E-state index in [9.17, 15) is 22.4 Å². The Hall–Kier alpha value is -1.01. The maximum Gasteiger partial charge on any atom is 0.411 e. The zero-order valence-corrected chi connectivity index (χ0v) is 9.82. The molecule has 0 bridgehead atoms. The third-order valence-corrected chi connectivity index (χ3v) is 2.42. The normalized spacial score (nSPS) is 29.5. The van der Waals surface area contributed by atoms with Gasteiger partial charge in [-0.05, 0) is 20.8 Å². The number of nitrogens with one attached hydrogen (secondary N) is 1. The van der Waals surface area contributed by atoms with Crippen LogP contribution in [0.1, 0.15) is 33.6 Å². The monoisotopic (exact) mass is 257 g/mol. The van der Waals surface area contributed by atoms with Gasteiger partial charge < -0.3 is 10.1 Å². The molecule has 0 aromatic rings. The van der Waals surface area contributed by atoms with E-state index in [1.807, 2.05) is 0 Å². The lowest BCUT2D eigenvalue weighted by atomic mass is 9.74. The van der Waals surface area contributed by atoms with Gasteiger partial charge in [0.05, 0.1) is 0 Å². The number of alkyl carbamates (subject to hydrolysis) is 1. The highest BCUT2D eigenvalue weighted by Gasteiger charge is 2.63. The van der Waals surface area contributed by atoms with Gasteiger partial charge in [0, 0.05) is 12.8 Å². The van der Waals surface area contributed by atoms with Gasteiger partial charge in [-0.2, -0.15) is 13.2 Å². The molecule has 100 valence electrons. The summed E-state index contributed by atoms with van der Waals surface area (Å²) in [5.74, 6) is 0. The number of halogens is 4. The van der Waals surface area contributed by atoms with Crippen molar-refractivity contribution in [1.82, 2.24) is 5.32 Å². The second kappa shape index (κ2) is 4.03. The van der Waals surface area contributed by atoms with Crippen LogP contribution in [0.2, 0.25) is 0 Å². The Morgan fingerprint density at radius 1 is 1.29 bits per heavy atom. The average Bonchev–Trinajstić information content (AvgIpc) is 1.94. The second-order valence-electron chi connectivity index (χ2n) is 5.21. The first-order valence-corrected chi connectivity index (χ1v) is 5.17. The fourth-order valence-corrected chi connectivity index (χ4v) is 1.60. The van der Waals surface area contributed by atoms with Gasteiger partial charge >= 0.3 is 12.3 Å². The van der Waals surface area contributed by atoms with Gasteiger partial charge in [-0.25, -0.2) is 9.18 Å². The minimum Gasteiger partial charge on any atom is -0.444 e. The molecular weight excluding hydrogens is 242 g/mol. The number of hydrogen-bond acceptors (Lipinski definition) is 2. The highest BCUT2D eigenvalue weighted by Crippen LogP contribution is 2.46. The van der Waals surface area contributed by atoms with Gasteiger partial charge in [0.2, 0.25) is 0 Å². The molecule has 1 aliphatic rings. The van der Waals surface area contributed by atoms with E-state index < -0.39 is 42.4 Å². The van der Waals surface area contributed by atoms with E-state index in [4.69, 9.17) is 4.74 Å². The average molecular weight is 257 g/mol. The smallest absolute Gasteiger partial charge is 0.411 e. The molecule has 17 heavy (non-hydrogen) atoms. The van der Waals surface area contributed by atoms with Crippen LogP contribution in [0.25, 0.3) is 0 Å². The lowest BCUT2D eigenvalue weighted by Gasteiger charge is -2.45. The molecule has 0 heterocycles. The van der Waals surface area contributed by atoms with Gasteiger partial charge in [0.15, 0.2) is 0 Å². The minimum atomic E-state index is -4.67. The third kappa shape index (κ3) is 3.23. The quantitative estimate of drug-likeness (QED) is 0.733. The predicted molar refractivity (Wildman–Crippen MR) is 52.3 cm³/mol. The van der Waals surface area contributed by atoms with Crippen LogP contribution in [0.15, 0.2) is 0 Å². The summed E-state index contributed by atoms with van der Waals surface area (Å²) in [6, 6.07) is 0. The van der Waals surface area contributed by atoms with E-state index in [1.54, 1.807) is 5.32 Å². The Morgan fingerprint density at radius 2 is 1.76 bits per heavy atom. The van der Waals surface area contributed by atoms with Gasteiger partial charge in [0.25, 0.3) is 0 Å². The summed E-state index contributed by atoms with van der Waals surface area (Å²) >= 11 is 0. The first kappa shape index (κ1) is 14.1. The van der Waals surface area contributed by atoms with Crippen molar-refractivity contribution in [2.75, 3.05) is 0 Å². The topological polar surface area (TPSA) is 38.3 Å². The lowest BCUT2D eigenvalue weighted by molar-refractivity contribution is -0.229. The molecule has 0 spiro atoms. The number of carbonyl (C=O) groups is 1. The molecule has 3 nitrogen and oxygen atoms in total. The van der Waals surface area contributed by atoms with Crippen LogP contribution in [-0.4, -0.2) is 29.6 Å². The molecule has 0 atom stereocenters. The molecular formula is C10H15F4NO2. The maximum absolute atomic E-state index is 12.7. The molecule has 0 unspecified atom stereocenters. The van der Waals surface area contributed by atoms with Gasteiger partial charge in [-0.15, -0.1) is 0 Å². The molecule has 1 saturated carbocycles. The molecule has 0 saturated heterocycles. The zero-order chi connectivity index (χ0) is 13.5. The minimum absolute atomic E-state index is 0.754. The van der Waals surface area contributed by atoms with E-state index in [0.29, 0.717) is 0 Å². The van der Waals surface area contributed by atoms with E-state index >= 15 is 0 Å². The highest BCUT2D eigenvalue weighted by atomic mass is 19.4. The molecule has 1 N–H and O–H groups in total. The zero-order valence-electron chi connectivity index (χ0n) is 9.82. The van der Waals surface area contributed by atoms with Crippen LogP contribution in [0.5, 0.6) is 0 Å². The lowest BCUT2D eigenvalue weighted by Crippen LogP contribution is -2.67. The maximum atomic E-state index is 12.7. The van der Waals surface area contributed by atoms with Crippen LogP contribution in [0.3, 0.4) is 0 Å². The van der Waals surface area contributed by atoms with Crippen LogP contribution in [0, 0.1) is 0 Å². The number of amides is 1. The molecule has 1 aliphatic carbocycles.